The fourth-order valence-corrected chi connectivity index (χ4v) is 2.52. The van der Waals surface area contributed by atoms with Crippen molar-refractivity contribution >= 4 is 0 Å². The molecule has 0 aromatic rings. The van der Waals surface area contributed by atoms with Gasteiger partial charge >= 0.3 is 11.8 Å². The summed E-state index contributed by atoms with van der Waals surface area (Å²) in [6, 6.07) is 0. The molecule has 13 heavy (non-hydrogen) atoms. The van der Waals surface area contributed by atoms with Crippen molar-refractivity contribution in [2.24, 2.45) is 11.8 Å². The van der Waals surface area contributed by atoms with Crippen molar-refractivity contribution in [3.05, 3.63) is 12.2 Å². The zero-order valence-corrected chi connectivity index (χ0v) is 6.38. The highest BCUT2D eigenvalue weighted by Crippen LogP contribution is 2.67. The molecular formula is C8H6F4O. The van der Waals surface area contributed by atoms with Crippen LogP contribution in [0, 0.1) is 11.8 Å². The van der Waals surface area contributed by atoms with Crippen LogP contribution in [0.5, 0.6) is 0 Å². The lowest BCUT2D eigenvalue weighted by atomic mass is 9.61. The molecule has 3 aliphatic rings. The van der Waals surface area contributed by atoms with Gasteiger partial charge in [-0.25, -0.2) is 0 Å². The minimum atomic E-state index is -3.89. The van der Waals surface area contributed by atoms with E-state index in [1.807, 2.05) is 0 Å². The zero-order valence-electron chi connectivity index (χ0n) is 6.38. The van der Waals surface area contributed by atoms with E-state index < -0.39 is 35.9 Å². The summed E-state index contributed by atoms with van der Waals surface area (Å²) < 4.78 is 56.4. The highest BCUT2D eigenvalue weighted by molar-refractivity contribution is 5.28. The maximum Gasteiger partial charge on any atom is 0.316 e. The predicted molar refractivity (Wildman–Crippen MR) is 34.7 cm³/mol. The Bertz CT molecular complexity index is 271. The fraction of sp³-hybridized carbons (Fsp3) is 0.750. The quantitative estimate of drug-likeness (QED) is 0.422. The molecule has 0 amide bonds. The molecule has 2 bridgehead atoms. The SMILES string of the molecule is FC1(F)[C@@H]2[C@H]([C@@H]3C=C[C@@H]2O3)C1(F)F. The standard InChI is InChI=1S/C8H6F4O/c9-7(10)5-3-1-2-4(13-3)6(5)8(7,11)12/h1-6H/t3-,4-,5-,6-/m0/s1. The second-order valence-corrected chi connectivity index (χ2v) is 3.75. The van der Waals surface area contributed by atoms with Gasteiger partial charge in [0.25, 0.3) is 0 Å². The first-order chi connectivity index (χ1) is 5.96. The molecule has 2 heterocycles. The topological polar surface area (TPSA) is 9.23 Å². The normalized spacial score (nSPS) is 53.2. The van der Waals surface area contributed by atoms with Gasteiger partial charge in [0.2, 0.25) is 0 Å². The molecule has 1 saturated carbocycles. The van der Waals surface area contributed by atoms with Crippen LogP contribution in [0.4, 0.5) is 17.6 Å². The summed E-state index contributed by atoms with van der Waals surface area (Å²) in [6.45, 7) is 0. The minimum Gasteiger partial charge on any atom is -0.366 e. The van der Waals surface area contributed by atoms with Gasteiger partial charge in [-0.3, -0.25) is 0 Å². The number of hydrogen-bond acceptors (Lipinski definition) is 1. The third-order valence-corrected chi connectivity index (χ3v) is 3.18. The van der Waals surface area contributed by atoms with E-state index >= 15 is 0 Å². The van der Waals surface area contributed by atoms with Crippen molar-refractivity contribution in [2.45, 2.75) is 24.1 Å². The Hall–Kier alpha value is -0.580. The van der Waals surface area contributed by atoms with Crippen molar-refractivity contribution in [2.75, 3.05) is 0 Å². The number of fused-ring (bicyclic) bond motifs is 5. The van der Waals surface area contributed by atoms with Crippen molar-refractivity contribution in [3.63, 3.8) is 0 Å². The molecule has 0 unspecified atom stereocenters. The summed E-state index contributed by atoms with van der Waals surface area (Å²) in [4.78, 5) is 0. The maximum absolute atomic E-state index is 12.9. The molecule has 4 atom stereocenters. The largest absolute Gasteiger partial charge is 0.366 e. The molecule has 2 fully saturated rings. The molecule has 1 aliphatic carbocycles. The molecule has 2 aliphatic heterocycles. The average molecular weight is 194 g/mol. The molecular weight excluding hydrogens is 188 g/mol. The van der Waals surface area contributed by atoms with Crippen LogP contribution in [-0.2, 0) is 4.74 Å². The highest BCUT2D eigenvalue weighted by atomic mass is 19.3. The lowest BCUT2D eigenvalue weighted by molar-refractivity contribution is -0.346. The fourth-order valence-electron chi connectivity index (χ4n) is 2.52. The first-order valence-electron chi connectivity index (χ1n) is 4.05. The molecule has 0 aromatic heterocycles. The van der Waals surface area contributed by atoms with Gasteiger partial charge in [0.15, 0.2) is 0 Å². The average Bonchev–Trinajstić information content (AvgIpc) is 2.60. The summed E-state index contributed by atoms with van der Waals surface area (Å²) in [5.74, 6) is -10.4. The van der Waals surface area contributed by atoms with Crippen molar-refractivity contribution in [1.82, 2.24) is 0 Å². The number of halogens is 4. The minimum absolute atomic E-state index is 0.801. The predicted octanol–water partition coefficient (Wildman–Crippen LogP) is 1.84. The van der Waals surface area contributed by atoms with Crippen molar-refractivity contribution in [1.29, 1.82) is 0 Å². The molecule has 0 radical (unpaired) electrons. The highest BCUT2D eigenvalue weighted by Gasteiger charge is 2.84. The van der Waals surface area contributed by atoms with E-state index in [-0.39, 0.29) is 0 Å². The molecule has 0 aromatic carbocycles. The Morgan fingerprint density at radius 2 is 1.23 bits per heavy atom. The van der Waals surface area contributed by atoms with Crippen LogP contribution in [0.25, 0.3) is 0 Å². The lowest BCUT2D eigenvalue weighted by Gasteiger charge is -2.49. The van der Waals surface area contributed by atoms with Crippen LogP contribution < -0.4 is 0 Å². The van der Waals surface area contributed by atoms with E-state index in [9.17, 15) is 17.6 Å². The molecule has 0 spiro atoms. The van der Waals surface area contributed by atoms with E-state index in [1.165, 1.54) is 12.2 Å². The van der Waals surface area contributed by atoms with Gasteiger partial charge in [0.1, 0.15) is 0 Å². The second-order valence-electron chi connectivity index (χ2n) is 3.75. The molecule has 5 heteroatoms. The van der Waals surface area contributed by atoms with E-state index in [2.05, 4.69) is 0 Å². The molecule has 1 nitrogen and oxygen atoms in total. The summed E-state index contributed by atoms with van der Waals surface area (Å²) in [5, 5.41) is 0. The van der Waals surface area contributed by atoms with Gasteiger partial charge in [-0.1, -0.05) is 12.2 Å². The van der Waals surface area contributed by atoms with Crippen LogP contribution in [0.1, 0.15) is 0 Å². The Morgan fingerprint density at radius 3 is 1.62 bits per heavy atom. The molecule has 1 saturated heterocycles. The van der Waals surface area contributed by atoms with E-state index in [1.54, 1.807) is 0 Å². The molecule has 72 valence electrons. The van der Waals surface area contributed by atoms with Gasteiger partial charge in [0.05, 0.1) is 24.0 Å². The molecule has 3 rings (SSSR count). The Morgan fingerprint density at radius 1 is 0.846 bits per heavy atom. The number of hydrogen-bond donors (Lipinski definition) is 0. The summed E-state index contributed by atoms with van der Waals surface area (Å²) in [7, 11) is 0. The zero-order chi connectivity index (χ0) is 9.43. The third kappa shape index (κ3) is 0.591. The van der Waals surface area contributed by atoms with Gasteiger partial charge in [0, 0.05) is 0 Å². The van der Waals surface area contributed by atoms with Crippen LogP contribution in [0.2, 0.25) is 0 Å². The smallest absolute Gasteiger partial charge is 0.316 e. The van der Waals surface area contributed by atoms with E-state index in [0.717, 1.165) is 0 Å². The van der Waals surface area contributed by atoms with Crippen molar-refractivity contribution in [3.8, 4) is 0 Å². The summed E-state index contributed by atoms with van der Waals surface area (Å²) in [5.41, 5.74) is 0. The van der Waals surface area contributed by atoms with Crippen LogP contribution in [-0.4, -0.2) is 24.1 Å². The third-order valence-electron chi connectivity index (χ3n) is 3.18. The number of rotatable bonds is 0. The lowest BCUT2D eigenvalue weighted by Crippen LogP contribution is -2.69. The monoisotopic (exact) mass is 194 g/mol. The first-order valence-corrected chi connectivity index (χ1v) is 4.05. The van der Waals surface area contributed by atoms with Gasteiger partial charge in [-0.15, -0.1) is 0 Å². The Kier molecular flexibility index (Phi) is 1.06. The first kappa shape index (κ1) is 7.79. The Labute approximate surface area is 71.4 Å². The van der Waals surface area contributed by atoms with E-state index in [4.69, 9.17) is 4.74 Å². The van der Waals surface area contributed by atoms with E-state index in [0.29, 0.717) is 0 Å². The van der Waals surface area contributed by atoms with Gasteiger partial charge in [-0.2, -0.15) is 17.6 Å². The number of alkyl halides is 4. The summed E-state index contributed by atoms with van der Waals surface area (Å²) in [6.07, 6.45) is 1.30. The van der Waals surface area contributed by atoms with Crippen molar-refractivity contribution < 1.29 is 22.3 Å². The van der Waals surface area contributed by atoms with Crippen LogP contribution in [0.15, 0.2) is 12.2 Å². The second kappa shape index (κ2) is 1.78. The van der Waals surface area contributed by atoms with Gasteiger partial charge < -0.3 is 4.74 Å². The maximum atomic E-state index is 12.9. The summed E-state index contributed by atoms with van der Waals surface area (Å²) >= 11 is 0. The molecule has 0 N–H and O–H groups in total. The Balaban J connectivity index is 2.04. The van der Waals surface area contributed by atoms with Crippen LogP contribution in [0.3, 0.4) is 0 Å². The number of ether oxygens (including phenoxy) is 1. The van der Waals surface area contributed by atoms with Gasteiger partial charge in [-0.05, 0) is 0 Å². The van der Waals surface area contributed by atoms with Crippen LogP contribution >= 0.6 is 0 Å².